The average molecular weight is 896 g/mol. The van der Waals surface area contributed by atoms with Gasteiger partial charge in [0.25, 0.3) is 0 Å². The third-order valence-electron chi connectivity index (χ3n) is 13.1. The van der Waals surface area contributed by atoms with E-state index in [4.69, 9.17) is 17.0 Å². The molecular formula is C50H62BCl2N2O2Zr. The Kier molecular flexibility index (Phi) is 14.2. The molecule has 0 aliphatic heterocycles. The number of hydrogen-bond donors (Lipinski definition) is 2. The predicted molar refractivity (Wildman–Crippen MR) is 246 cm³/mol. The molecule has 58 heavy (non-hydrogen) atoms. The average Bonchev–Trinajstić information content (AvgIpc) is 3.85. The van der Waals surface area contributed by atoms with Crippen LogP contribution in [0, 0.1) is 11.8 Å². The number of carbonyl (C=O) groups excluding carboxylic acids is 2. The van der Waals surface area contributed by atoms with Crippen LogP contribution in [0.3, 0.4) is 0 Å². The van der Waals surface area contributed by atoms with Crippen LogP contribution in [0.1, 0.15) is 135 Å². The van der Waals surface area contributed by atoms with Gasteiger partial charge in [-0.1, -0.05) is 0 Å². The van der Waals surface area contributed by atoms with E-state index < -0.39 is 27.9 Å². The fourth-order valence-electron chi connectivity index (χ4n) is 9.76. The van der Waals surface area contributed by atoms with Crippen molar-refractivity contribution in [1.29, 1.82) is 0 Å². The SMILES string of the molecule is CCCc1ccccc1-c1cccc2c1C=C(C(C)CC)[CH]2[Zr]([Cl])([Cl])([B](NC(=O)CC)NC(=O)CC)[CH]1C(C(C)CC)=Cc2c(-c3ccccc3CCC)cccc21. The van der Waals surface area contributed by atoms with E-state index in [0.717, 1.165) is 60.8 Å². The summed E-state index contributed by atoms with van der Waals surface area (Å²) < 4.78 is -1.78. The Bertz CT molecular complexity index is 2080. The molecular weight excluding hydrogens is 834 g/mol. The van der Waals surface area contributed by atoms with E-state index in [9.17, 15) is 9.59 Å². The third-order valence-corrected chi connectivity index (χ3v) is 32.9. The van der Waals surface area contributed by atoms with E-state index in [2.05, 4.69) is 149 Å². The summed E-state index contributed by atoms with van der Waals surface area (Å²) in [4.78, 5) is 27.7. The Hall–Kier alpha value is -3.17. The molecule has 0 heterocycles. The molecule has 2 amide bonds. The van der Waals surface area contributed by atoms with E-state index in [0.29, 0.717) is 0 Å². The Labute approximate surface area is 356 Å². The van der Waals surface area contributed by atoms with Gasteiger partial charge in [0.05, 0.1) is 0 Å². The molecule has 4 aromatic rings. The number of hydrogen-bond acceptors (Lipinski definition) is 2. The summed E-state index contributed by atoms with van der Waals surface area (Å²) >= 11 is -6.09. The first kappa shape index (κ1) is 44.4. The normalized spacial score (nSPS) is 17.6. The van der Waals surface area contributed by atoms with Gasteiger partial charge in [-0.2, -0.15) is 0 Å². The Morgan fingerprint density at radius 1 is 0.586 bits per heavy atom. The molecule has 8 heteroatoms. The molecule has 4 nitrogen and oxygen atoms in total. The van der Waals surface area contributed by atoms with Crippen molar-refractivity contribution in [2.75, 3.05) is 0 Å². The van der Waals surface area contributed by atoms with Gasteiger partial charge in [0.1, 0.15) is 0 Å². The topological polar surface area (TPSA) is 58.2 Å². The summed E-state index contributed by atoms with van der Waals surface area (Å²) in [5, 5.41) is 6.66. The van der Waals surface area contributed by atoms with Gasteiger partial charge in [-0.15, -0.1) is 0 Å². The first-order valence-electron chi connectivity index (χ1n) is 21.9. The van der Waals surface area contributed by atoms with Gasteiger partial charge in [-0.3, -0.25) is 0 Å². The van der Waals surface area contributed by atoms with Crippen LogP contribution in [-0.4, -0.2) is 16.3 Å². The van der Waals surface area contributed by atoms with Gasteiger partial charge in [0, 0.05) is 0 Å². The summed E-state index contributed by atoms with van der Waals surface area (Å²) in [6, 6.07) is 30.7. The molecule has 0 radical (unpaired) electrons. The van der Waals surface area contributed by atoms with Crippen molar-refractivity contribution in [1.82, 2.24) is 10.5 Å². The number of nitrogens with one attached hydrogen (secondary N) is 2. The van der Waals surface area contributed by atoms with E-state index in [-0.39, 0.29) is 36.5 Å². The van der Waals surface area contributed by atoms with Crippen LogP contribution < -0.4 is 10.5 Å². The number of rotatable bonds is 17. The maximum absolute atomic E-state index is 13.8. The van der Waals surface area contributed by atoms with Crippen LogP contribution in [0.5, 0.6) is 0 Å². The molecule has 6 rings (SSSR count). The number of aryl methyl sites for hydroxylation is 2. The molecule has 0 aromatic heterocycles. The molecule has 0 bridgehead atoms. The van der Waals surface area contributed by atoms with Gasteiger partial charge < -0.3 is 0 Å². The van der Waals surface area contributed by atoms with E-state index in [1.807, 2.05) is 13.8 Å². The van der Waals surface area contributed by atoms with Crippen LogP contribution in [0.2, 0.25) is 0 Å². The number of benzene rings is 4. The second-order valence-electron chi connectivity index (χ2n) is 16.7. The Morgan fingerprint density at radius 2 is 0.966 bits per heavy atom. The fourth-order valence-corrected chi connectivity index (χ4v) is 30.5. The standard InChI is InChI=1S/2C22H25.C6H11BN2O2.2ClH.Zr/c2*1-4-9-17-10-6-7-12-20(17)21-13-8-11-18-14-19(15-22(18)21)16(3)5-2;1-3-5(10)8-7-9-6(11)4-2;;;/h2*6-8,10-16H,4-5,9H2,1-3H3;3-4H2,1-2H3,(H-,8,9,10,11);2*1H;/q;;;;;+1/p-1. The minimum absolute atomic E-state index is 0.134. The van der Waals surface area contributed by atoms with Gasteiger partial charge >= 0.3 is 359 Å². The second-order valence-corrected chi connectivity index (χ2v) is 38.1. The van der Waals surface area contributed by atoms with Gasteiger partial charge in [-0.25, -0.2) is 0 Å². The minimum atomic E-state index is -6.09. The molecule has 4 aromatic carbocycles. The zero-order chi connectivity index (χ0) is 41.8. The third kappa shape index (κ3) is 8.04. The molecule has 2 N–H and O–H groups in total. The summed E-state index contributed by atoms with van der Waals surface area (Å²) in [7, 11) is 18.1. The van der Waals surface area contributed by atoms with Crippen LogP contribution in [0.4, 0.5) is 0 Å². The summed E-state index contributed by atoms with van der Waals surface area (Å²) in [6.07, 6.45) is 11.0. The van der Waals surface area contributed by atoms with E-state index in [1.165, 1.54) is 44.5 Å². The molecule has 305 valence electrons. The summed E-state index contributed by atoms with van der Waals surface area (Å²) in [6.45, 7) is 17.1. The molecule has 0 saturated heterocycles. The van der Waals surface area contributed by atoms with Crippen LogP contribution >= 0.6 is 17.0 Å². The first-order valence-corrected chi connectivity index (χ1v) is 32.5. The Balaban J connectivity index is 1.74. The predicted octanol–water partition coefficient (Wildman–Crippen LogP) is 13.6. The van der Waals surface area contributed by atoms with Crippen molar-refractivity contribution in [3.8, 4) is 22.3 Å². The van der Waals surface area contributed by atoms with Crippen molar-refractivity contribution in [2.24, 2.45) is 11.8 Å². The van der Waals surface area contributed by atoms with Crippen LogP contribution in [0.25, 0.3) is 34.4 Å². The van der Waals surface area contributed by atoms with Crippen molar-refractivity contribution in [3.05, 3.63) is 129 Å². The zero-order valence-electron chi connectivity index (χ0n) is 35.9. The van der Waals surface area contributed by atoms with Crippen molar-refractivity contribution in [3.63, 3.8) is 0 Å². The van der Waals surface area contributed by atoms with Crippen molar-refractivity contribution >= 4 is 45.5 Å². The van der Waals surface area contributed by atoms with E-state index in [1.54, 1.807) is 0 Å². The second kappa shape index (κ2) is 18.6. The number of fused-ring (bicyclic) bond motifs is 2. The quantitative estimate of drug-likeness (QED) is 0.104. The van der Waals surface area contributed by atoms with Gasteiger partial charge in [0.2, 0.25) is 0 Å². The van der Waals surface area contributed by atoms with Crippen LogP contribution in [-0.2, 0) is 38.6 Å². The maximum atomic E-state index is 13.8. The van der Waals surface area contributed by atoms with Gasteiger partial charge in [0.15, 0.2) is 0 Å². The number of halogens is 2. The molecule has 0 fully saturated rings. The molecule has 0 spiro atoms. The Morgan fingerprint density at radius 3 is 1.33 bits per heavy atom. The molecule has 4 atom stereocenters. The number of amides is 2. The zero-order valence-corrected chi connectivity index (χ0v) is 39.8. The van der Waals surface area contributed by atoms with E-state index >= 15 is 0 Å². The molecule has 2 aliphatic carbocycles. The van der Waals surface area contributed by atoms with Crippen LogP contribution in [0.15, 0.2) is 96.1 Å². The first-order chi connectivity index (χ1) is 27.9. The molecule has 4 unspecified atom stereocenters. The van der Waals surface area contributed by atoms with Crippen molar-refractivity contribution in [2.45, 2.75) is 114 Å². The fraction of sp³-hybridized carbons (Fsp3) is 0.400. The monoisotopic (exact) mass is 893 g/mol. The van der Waals surface area contributed by atoms with Crippen molar-refractivity contribution < 1.29 is 25.8 Å². The number of allylic oxidation sites excluding steroid dienone is 2. The summed E-state index contributed by atoms with van der Waals surface area (Å²) in [5.41, 5.74) is 14.3. The molecule has 0 saturated carbocycles. The number of carbonyl (C=O) groups is 2. The van der Waals surface area contributed by atoms with Gasteiger partial charge in [-0.05, 0) is 0 Å². The molecule has 2 aliphatic rings. The summed E-state index contributed by atoms with van der Waals surface area (Å²) in [5.74, 6) is -0.107.